The summed E-state index contributed by atoms with van der Waals surface area (Å²) in [4.78, 5) is 38.7. The van der Waals surface area contributed by atoms with Crippen molar-refractivity contribution in [1.29, 1.82) is 0 Å². The number of aromatic nitrogens is 2. The first-order valence-electron chi connectivity index (χ1n) is 14.6. The Bertz CT molecular complexity index is 1790. The zero-order valence-corrected chi connectivity index (χ0v) is 28.3. The van der Waals surface area contributed by atoms with Gasteiger partial charge in [-0.05, 0) is 59.6 Å². The Morgan fingerprint density at radius 3 is 2.18 bits per heavy atom. The molecule has 0 saturated heterocycles. The van der Waals surface area contributed by atoms with Crippen LogP contribution in [0, 0.1) is 0 Å². The second-order valence-corrected chi connectivity index (χ2v) is 13.5. The van der Waals surface area contributed by atoms with Crippen LogP contribution in [0.4, 0.5) is 5.82 Å². The highest BCUT2D eigenvalue weighted by atomic mass is 35.5. The van der Waals surface area contributed by atoms with E-state index >= 15 is 0 Å². The standard InChI is InChI=1S/C34H37Cl3N4O4/c1-7-33(3,4)21-12-13-26(23(15-21)34(5,6)8-2)45-30(31(38)43)19-10-9-11-20(14-19)32(44)39-27-18-28(42)41(40-27)29-24(36)16-22(35)17-25(29)37/h9-18,30,40H,7-8H2,1-6H3,(H2,38,43)(H,39,44). The van der Waals surface area contributed by atoms with Crippen molar-refractivity contribution >= 4 is 52.4 Å². The van der Waals surface area contributed by atoms with Gasteiger partial charge < -0.3 is 15.8 Å². The van der Waals surface area contributed by atoms with Crippen molar-refractivity contribution in [3.8, 4) is 11.4 Å². The van der Waals surface area contributed by atoms with Gasteiger partial charge in [0.1, 0.15) is 17.3 Å². The van der Waals surface area contributed by atoms with Gasteiger partial charge >= 0.3 is 0 Å². The lowest BCUT2D eigenvalue weighted by atomic mass is 9.76. The minimum absolute atomic E-state index is 0.0412. The first-order chi connectivity index (χ1) is 21.1. The Hall–Kier alpha value is -3.72. The van der Waals surface area contributed by atoms with Crippen LogP contribution >= 0.6 is 34.8 Å². The summed E-state index contributed by atoms with van der Waals surface area (Å²) in [6, 6.07) is 16.6. The average molecular weight is 672 g/mol. The van der Waals surface area contributed by atoms with Gasteiger partial charge in [0, 0.05) is 27.8 Å². The van der Waals surface area contributed by atoms with Gasteiger partial charge in [0.25, 0.3) is 17.4 Å². The molecule has 11 heteroatoms. The second-order valence-electron chi connectivity index (χ2n) is 12.2. The molecule has 1 atom stereocenters. The number of carbonyl (C=O) groups excluding carboxylic acids is 2. The molecule has 0 bridgehead atoms. The van der Waals surface area contributed by atoms with Crippen LogP contribution in [0.2, 0.25) is 15.1 Å². The van der Waals surface area contributed by atoms with Crippen molar-refractivity contribution in [3.05, 3.63) is 108 Å². The minimum atomic E-state index is -1.16. The summed E-state index contributed by atoms with van der Waals surface area (Å²) >= 11 is 18.5. The summed E-state index contributed by atoms with van der Waals surface area (Å²) in [5, 5.41) is 6.06. The molecule has 8 nitrogen and oxygen atoms in total. The number of H-pyrrole nitrogens is 1. The normalized spacial score (nSPS) is 12.6. The maximum absolute atomic E-state index is 13.3. The Kier molecular flexibility index (Phi) is 10.1. The predicted molar refractivity (Wildman–Crippen MR) is 181 cm³/mol. The molecule has 0 spiro atoms. The fourth-order valence-corrected chi connectivity index (χ4v) is 5.79. The number of aromatic amines is 1. The first-order valence-corrected chi connectivity index (χ1v) is 15.7. The summed E-state index contributed by atoms with van der Waals surface area (Å²) in [5.74, 6) is -0.596. The molecular weight excluding hydrogens is 635 g/mol. The number of ether oxygens (including phenoxy) is 1. The van der Waals surface area contributed by atoms with Crippen molar-refractivity contribution in [2.45, 2.75) is 71.3 Å². The molecule has 0 aliphatic rings. The lowest BCUT2D eigenvalue weighted by molar-refractivity contribution is -0.125. The monoisotopic (exact) mass is 670 g/mol. The van der Waals surface area contributed by atoms with E-state index in [-0.39, 0.29) is 37.9 Å². The van der Waals surface area contributed by atoms with Gasteiger partial charge in [0.05, 0.1) is 10.0 Å². The Labute approximate surface area is 277 Å². The summed E-state index contributed by atoms with van der Waals surface area (Å²) in [6.07, 6.45) is 0.639. The number of anilines is 1. The number of carbonyl (C=O) groups is 2. The van der Waals surface area contributed by atoms with Gasteiger partial charge in [-0.1, -0.05) is 101 Å². The van der Waals surface area contributed by atoms with E-state index in [2.05, 4.69) is 58.0 Å². The highest BCUT2D eigenvalue weighted by Crippen LogP contribution is 2.40. The molecule has 1 heterocycles. The van der Waals surface area contributed by atoms with E-state index in [1.807, 2.05) is 12.1 Å². The zero-order valence-electron chi connectivity index (χ0n) is 26.1. The highest BCUT2D eigenvalue weighted by molar-refractivity contribution is 6.40. The summed E-state index contributed by atoms with van der Waals surface area (Å²) in [5.41, 5.74) is 8.01. The van der Waals surface area contributed by atoms with Crippen LogP contribution in [0.5, 0.6) is 5.75 Å². The average Bonchev–Trinajstić information content (AvgIpc) is 3.33. The van der Waals surface area contributed by atoms with Crippen molar-refractivity contribution in [2.24, 2.45) is 5.73 Å². The third-order valence-corrected chi connectivity index (χ3v) is 9.18. The maximum Gasteiger partial charge on any atom is 0.273 e. The van der Waals surface area contributed by atoms with Crippen molar-refractivity contribution < 1.29 is 14.3 Å². The highest BCUT2D eigenvalue weighted by Gasteiger charge is 2.29. The Morgan fingerprint density at radius 2 is 1.58 bits per heavy atom. The maximum atomic E-state index is 13.3. The van der Waals surface area contributed by atoms with Gasteiger partial charge in [0.15, 0.2) is 0 Å². The van der Waals surface area contributed by atoms with Gasteiger partial charge in [0.2, 0.25) is 6.10 Å². The van der Waals surface area contributed by atoms with Crippen LogP contribution in [0.1, 0.15) is 87.5 Å². The molecule has 1 aromatic heterocycles. The molecule has 4 aromatic rings. The van der Waals surface area contributed by atoms with E-state index in [1.54, 1.807) is 18.2 Å². The molecule has 0 saturated carbocycles. The summed E-state index contributed by atoms with van der Waals surface area (Å²) in [7, 11) is 0. The molecule has 4 N–H and O–H groups in total. The van der Waals surface area contributed by atoms with Crippen LogP contribution in [0.15, 0.2) is 65.5 Å². The van der Waals surface area contributed by atoms with Crippen molar-refractivity contribution in [1.82, 2.24) is 9.78 Å². The molecule has 1 unspecified atom stereocenters. The predicted octanol–water partition coefficient (Wildman–Crippen LogP) is 8.36. The molecule has 238 valence electrons. The van der Waals surface area contributed by atoms with E-state index < -0.39 is 23.5 Å². The zero-order chi connectivity index (χ0) is 33.3. The summed E-state index contributed by atoms with van der Waals surface area (Å²) in [6.45, 7) is 12.9. The van der Waals surface area contributed by atoms with E-state index in [0.29, 0.717) is 16.3 Å². The van der Waals surface area contributed by atoms with Crippen molar-refractivity contribution in [2.75, 3.05) is 5.32 Å². The SMILES string of the molecule is CCC(C)(C)c1ccc(OC(C(N)=O)c2cccc(C(=O)Nc3cc(=O)n(-c4c(Cl)cc(Cl)cc4Cl)[nH]3)c2)c(C(C)(C)CC)c1. The third kappa shape index (κ3) is 7.40. The van der Waals surface area contributed by atoms with Crippen molar-refractivity contribution in [3.63, 3.8) is 0 Å². The van der Waals surface area contributed by atoms with Crippen LogP contribution in [-0.4, -0.2) is 21.6 Å². The number of rotatable bonds is 11. The summed E-state index contributed by atoms with van der Waals surface area (Å²) < 4.78 is 7.45. The smallest absolute Gasteiger partial charge is 0.273 e. The van der Waals surface area contributed by atoms with E-state index in [9.17, 15) is 14.4 Å². The van der Waals surface area contributed by atoms with Gasteiger partial charge in [-0.15, -0.1) is 0 Å². The van der Waals surface area contributed by atoms with Crippen LogP contribution in [0.3, 0.4) is 0 Å². The third-order valence-electron chi connectivity index (χ3n) is 8.39. The van der Waals surface area contributed by atoms with E-state index in [0.717, 1.165) is 23.1 Å². The molecule has 45 heavy (non-hydrogen) atoms. The van der Waals surface area contributed by atoms with E-state index in [4.69, 9.17) is 45.3 Å². The molecule has 0 aliphatic carbocycles. The fourth-order valence-electron chi connectivity index (χ4n) is 4.81. The number of nitrogens with one attached hydrogen (secondary N) is 2. The number of benzene rings is 3. The van der Waals surface area contributed by atoms with Crippen LogP contribution in [0.25, 0.3) is 5.69 Å². The number of amides is 2. The number of hydrogen-bond acceptors (Lipinski definition) is 4. The van der Waals surface area contributed by atoms with Gasteiger partial charge in [-0.25, -0.2) is 4.68 Å². The molecule has 2 amide bonds. The molecular formula is C34H37Cl3N4O4. The van der Waals surface area contributed by atoms with Crippen LogP contribution in [-0.2, 0) is 15.6 Å². The molecule has 3 aromatic carbocycles. The quantitative estimate of drug-likeness (QED) is 0.148. The topological polar surface area (TPSA) is 119 Å². The number of nitrogens with zero attached hydrogens (tertiary/aromatic N) is 1. The van der Waals surface area contributed by atoms with Gasteiger partial charge in [-0.3, -0.25) is 19.5 Å². The number of primary amides is 1. The second kappa shape index (κ2) is 13.3. The van der Waals surface area contributed by atoms with Crippen LogP contribution < -0.4 is 21.3 Å². The lowest BCUT2D eigenvalue weighted by Crippen LogP contribution is -2.28. The fraction of sp³-hybridized carbons (Fsp3) is 0.324. The van der Waals surface area contributed by atoms with E-state index in [1.165, 1.54) is 29.8 Å². The Morgan fingerprint density at radius 1 is 0.933 bits per heavy atom. The molecule has 0 radical (unpaired) electrons. The molecule has 0 aliphatic heterocycles. The minimum Gasteiger partial charge on any atom is -0.476 e. The largest absolute Gasteiger partial charge is 0.476 e. The lowest BCUT2D eigenvalue weighted by Gasteiger charge is -2.31. The first kappa shape index (κ1) is 34.2. The van der Waals surface area contributed by atoms with Gasteiger partial charge in [-0.2, -0.15) is 0 Å². The molecule has 0 fully saturated rings. The number of halogens is 3. The number of hydrogen-bond donors (Lipinski definition) is 3. The Balaban J connectivity index is 1.64. The molecule has 4 rings (SSSR count). The number of nitrogens with two attached hydrogens (primary N) is 1.